The Hall–Kier alpha value is -0.585. The van der Waals surface area contributed by atoms with Crippen molar-refractivity contribution < 1.29 is 0 Å². The van der Waals surface area contributed by atoms with Crippen LogP contribution in [0.15, 0.2) is 18.1 Å². The van der Waals surface area contributed by atoms with Gasteiger partial charge in [0.25, 0.3) is 0 Å². The molecule has 1 aliphatic carbocycles. The first-order valence-corrected chi connectivity index (χ1v) is 3.53. The van der Waals surface area contributed by atoms with Gasteiger partial charge in [0.1, 0.15) is 0 Å². The summed E-state index contributed by atoms with van der Waals surface area (Å²) in [5.74, 6) is 2.13. The molecule has 1 aromatic heterocycles. The normalized spacial score (nSPS) is 15.1. The SMILES string of the molecule is b1cccc2c1CCC2. The fraction of sp³-hybridized carbons (Fsp3) is 0.375. The molecule has 0 nitrogen and oxygen atoms in total. The summed E-state index contributed by atoms with van der Waals surface area (Å²) in [5, 5.41) is 0. The first-order chi connectivity index (χ1) is 4.47. The van der Waals surface area contributed by atoms with Crippen LogP contribution < -0.4 is 0 Å². The van der Waals surface area contributed by atoms with Gasteiger partial charge in [0.2, 0.25) is 0 Å². The Morgan fingerprint density at radius 2 is 2.33 bits per heavy atom. The number of hydrogen-bond acceptors (Lipinski definition) is 0. The predicted molar refractivity (Wildman–Crippen MR) is 39.8 cm³/mol. The van der Waals surface area contributed by atoms with Crippen molar-refractivity contribution in [2.24, 2.45) is 0 Å². The van der Waals surface area contributed by atoms with Crippen LogP contribution >= 0.6 is 0 Å². The zero-order chi connectivity index (χ0) is 6.10. The van der Waals surface area contributed by atoms with E-state index in [4.69, 9.17) is 0 Å². The summed E-state index contributed by atoms with van der Waals surface area (Å²) in [7, 11) is 0. The Morgan fingerprint density at radius 3 is 3.22 bits per heavy atom. The van der Waals surface area contributed by atoms with Gasteiger partial charge in [0.05, 0.1) is 0 Å². The van der Waals surface area contributed by atoms with Gasteiger partial charge in [0, 0.05) is 0 Å². The van der Waals surface area contributed by atoms with E-state index in [1.54, 1.807) is 11.0 Å². The molecule has 0 radical (unpaired) electrons. The average Bonchev–Trinajstić information content (AvgIpc) is 2.33. The van der Waals surface area contributed by atoms with Crippen LogP contribution in [0.1, 0.15) is 17.4 Å². The number of rotatable bonds is 0. The molecule has 0 unspecified atom stereocenters. The Morgan fingerprint density at radius 1 is 1.33 bits per heavy atom. The molecule has 0 N–H and O–H groups in total. The first kappa shape index (κ1) is 5.22. The molecule has 0 bridgehead atoms. The van der Waals surface area contributed by atoms with Crippen LogP contribution in [-0.2, 0) is 12.8 Å². The molecular formula is C8H9B. The molecule has 9 heavy (non-hydrogen) atoms. The van der Waals surface area contributed by atoms with Gasteiger partial charge in [-0.15, -0.1) is 0 Å². The molecule has 0 atom stereocenters. The standard InChI is InChI=1S/C8H9B/c1-3-7-4-2-6-9-8(7)5-1/h2,4,6H,1,3,5H2. The van der Waals surface area contributed by atoms with Crippen LogP contribution in [0.3, 0.4) is 0 Å². The fourth-order valence-corrected chi connectivity index (χ4v) is 1.51. The Labute approximate surface area is 56.1 Å². The van der Waals surface area contributed by atoms with E-state index in [9.17, 15) is 0 Å². The van der Waals surface area contributed by atoms with E-state index in [1.807, 2.05) is 0 Å². The first-order valence-electron chi connectivity index (χ1n) is 3.53. The minimum absolute atomic E-state index is 1.30. The molecule has 0 saturated heterocycles. The van der Waals surface area contributed by atoms with Crippen molar-refractivity contribution >= 4 is 6.91 Å². The second kappa shape index (κ2) is 1.98. The van der Waals surface area contributed by atoms with Crippen LogP contribution in [-0.4, -0.2) is 6.91 Å². The van der Waals surface area contributed by atoms with E-state index >= 15 is 0 Å². The molecule has 0 fully saturated rings. The third-order valence-corrected chi connectivity index (χ3v) is 2.01. The van der Waals surface area contributed by atoms with E-state index < -0.39 is 0 Å². The minimum atomic E-state index is 1.30. The van der Waals surface area contributed by atoms with Crippen molar-refractivity contribution in [1.29, 1.82) is 0 Å². The molecule has 1 aromatic rings. The quantitative estimate of drug-likeness (QED) is 0.481. The third-order valence-electron chi connectivity index (χ3n) is 2.01. The van der Waals surface area contributed by atoms with Gasteiger partial charge in [-0.05, 0) is 0 Å². The third kappa shape index (κ3) is 0.807. The van der Waals surface area contributed by atoms with E-state index in [0.717, 1.165) is 0 Å². The summed E-state index contributed by atoms with van der Waals surface area (Å²) >= 11 is 0. The topological polar surface area (TPSA) is 0 Å². The van der Waals surface area contributed by atoms with E-state index in [0.29, 0.717) is 0 Å². The van der Waals surface area contributed by atoms with Crippen molar-refractivity contribution in [2.45, 2.75) is 19.3 Å². The molecule has 0 aliphatic heterocycles. The van der Waals surface area contributed by atoms with Crippen LogP contribution in [0.4, 0.5) is 0 Å². The maximum atomic E-state index is 2.24. The summed E-state index contributed by atoms with van der Waals surface area (Å²) in [4.78, 5) is 0. The Kier molecular flexibility index (Phi) is 1.15. The summed E-state index contributed by atoms with van der Waals surface area (Å²) in [6.07, 6.45) is 3.96. The fourth-order valence-electron chi connectivity index (χ4n) is 1.51. The molecule has 0 saturated carbocycles. The molecule has 2 rings (SSSR count). The zero-order valence-electron chi connectivity index (χ0n) is 5.43. The Balaban J connectivity index is 2.54. The molecule has 1 heteroatoms. The average molecular weight is 116 g/mol. The van der Waals surface area contributed by atoms with Gasteiger partial charge in [-0.25, -0.2) is 0 Å². The number of hydrogen-bond donors (Lipinski definition) is 0. The van der Waals surface area contributed by atoms with Crippen molar-refractivity contribution in [1.82, 2.24) is 0 Å². The van der Waals surface area contributed by atoms with Gasteiger partial charge in [0.15, 0.2) is 0 Å². The Bertz CT molecular complexity index is 195. The van der Waals surface area contributed by atoms with Gasteiger partial charge in [-0.3, -0.25) is 0 Å². The van der Waals surface area contributed by atoms with Crippen LogP contribution in [0, 0.1) is 0 Å². The maximum absolute atomic E-state index is 2.24. The zero-order valence-corrected chi connectivity index (χ0v) is 5.43. The number of aryl methyl sites for hydroxylation is 2. The van der Waals surface area contributed by atoms with E-state index in [2.05, 4.69) is 25.0 Å². The summed E-state index contributed by atoms with van der Waals surface area (Å²) in [6, 6.07) is 4.37. The van der Waals surface area contributed by atoms with Crippen molar-refractivity contribution in [2.75, 3.05) is 0 Å². The van der Waals surface area contributed by atoms with E-state index in [1.165, 1.54) is 19.3 Å². The van der Waals surface area contributed by atoms with Gasteiger partial charge in [-0.1, -0.05) is 0 Å². The summed E-state index contributed by atoms with van der Waals surface area (Å²) < 4.78 is 0. The summed E-state index contributed by atoms with van der Waals surface area (Å²) in [5.41, 5.74) is 3.13. The molecule has 0 spiro atoms. The monoisotopic (exact) mass is 116 g/mol. The molecule has 0 aromatic carbocycles. The second-order valence-electron chi connectivity index (χ2n) is 2.62. The van der Waals surface area contributed by atoms with Gasteiger partial charge in [-0.2, -0.15) is 0 Å². The molecule has 0 amide bonds. The molecule has 1 aliphatic rings. The number of fused-ring (bicyclic) bond motifs is 1. The predicted octanol–water partition coefficient (Wildman–Crippen LogP) is 1.51. The van der Waals surface area contributed by atoms with Gasteiger partial charge >= 0.3 is 55.3 Å². The molecule has 1 heterocycles. The van der Waals surface area contributed by atoms with Crippen molar-refractivity contribution in [3.05, 3.63) is 29.1 Å². The van der Waals surface area contributed by atoms with Crippen LogP contribution in [0.2, 0.25) is 0 Å². The molecule has 44 valence electrons. The van der Waals surface area contributed by atoms with Crippen LogP contribution in [0.25, 0.3) is 0 Å². The van der Waals surface area contributed by atoms with Crippen LogP contribution in [0.5, 0.6) is 0 Å². The van der Waals surface area contributed by atoms with Crippen molar-refractivity contribution in [3.63, 3.8) is 0 Å². The van der Waals surface area contributed by atoms with Crippen molar-refractivity contribution in [3.8, 4) is 0 Å². The second-order valence-corrected chi connectivity index (χ2v) is 2.62. The molecular weight excluding hydrogens is 107 g/mol. The van der Waals surface area contributed by atoms with E-state index in [-0.39, 0.29) is 0 Å². The summed E-state index contributed by atoms with van der Waals surface area (Å²) in [6.45, 7) is 2.24. The van der Waals surface area contributed by atoms with Gasteiger partial charge < -0.3 is 0 Å².